The molecule has 106 valence electrons. The number of hydrogen-bond donors (Lipinski definition) is 0. The Hall–Kier alpha value is -2.88. The minimum atomic E-state index is -0.548. The van der Waals surface area contributed by atoms with Gasteiger partial charge in [-0.05, 0) is 18.6 Å². The van der Waals surface area contributed by atoms with Gasteiger partial charge in [0.1, 0.15) is 11.5 Å². The number of carbonyl (C=O) groups is 2. The standard InChI is InChI=1S/C17H14O4/c1-4-15(18)20-14-8-6-7-13-12(14)10-9-11(3)17(13)21-16(19)5-2/h4-10H,1-2H2,3H3. The van der Waals surface area contributed by atoms with Gasteiger partial charge in [0, 0.05) is 22.9 Å². The molecule has 0 radical (unpaired) electrons. The Kier molecular flexibility index (Phi) is 4.18. The number of fused-ring (bicyclic) bond motifs is 1. The van der Waals surface area contributed by atoms with Crippen molar-refractivity contribution < 1.29 is 19.1 Å². The number of carbonyl (C=O) groups excluding carboxylic acids is 2. The van der Waals surface area contributed by atoms with E-state index in [-0.39, 0.29) is 0 Å². The highest BCUT2D eigenvalue weighted by Crippen LogP contribution is 2.35. The Morgan fingerprint density at radius 3 is 2.29 bits per heavy atom. The topological polar surface area (TPSA) is 52.6 Å². The molecule has 0 saturated carbocycles. The fourth-order valence-corrected chi connectivity index (χ4v) is 1.93. The van der Waals surface area contributed by atoms with Gasteiger partial charge in [-0.2, -0.15) is 0 Å². The second-order valence-electron chi connectivity index (χ2n) is 4.31. The van der Waals surface area contributed by atoms with Crippen LogP contribution in [0, 0.1) is 6.92 Å². The van der Waals surface area contributed by atoms with Crippen molar-refractivity contribution in [2.45, 2.75) is 6.92 Å². The number of hydrogen-bond acceptors (Lipinski definition) is 4. The maximum atomic E-state index is 11.4. The molecule has 4 heteroatoms. The van der Waals surface area contributed by atoms with E-state index >= 15 is 0 Å². The van der Waals surface area contributed by atoms with Crippen molar-refractivity contribution in [2.24, 2.45) is 0 Å². The van der Waals surface area contributed by atoms with E-state index in [1.165, 1.54) is 0 Å². The summed E-state index contributed by atoms with van der Waals surface area (Å²) in [5.74, 6) is -0.283. The summed E-state index contributed by atoms with van der Waals surface area (Å²) < 4.78 is 10.5. The second kappa shape index (κ2) is 6.05. The van der Waals surface area contributed by atoms with Crippen LogP contribution in [-0.2, 0) is 9.59 Å². The molecule has 21 heavy (non-hydrogen) atoms. The average Bonchev–Trinajstić information content (AvgIpc) is 2.49. The molecule has 4 nitrogen and oxygen atoms in total. The molecule has 0 N–H and O–H groups in total. The van der Waals surface area contributed by atoms with Gasteiger partial charge in [0.05, 0.1) is 0 Å². The summed E-state index contributed by atoms with van der Waals surface area (Å²) in [5, 5.41) is 1.35. The van der Waals surface area contributed by atoms with Gasteiger partial charge >= 0.3 is 11.9 Å². The van der Waals surface area contributed by atoms with E-state index in [0.717, 1.165) is 17.7 Å². The molecule has 0 aliphatic carbocycles. The quantitative estimate of drug-likeness (QED) is 0.490. The molecule has 0 amide bonds. The van der Waals surface area contributed by atoms with Crippen LogP contribution in [0.15, 0.2) is 55.6 Å². The molecule has 0 spiro atoms. The fourth-order valence-electron chi connectivity index (χ4n) is 1.93. The lowest BCUT2D eigenvalue weighted by molar-refractivity contribution is -0.129. The summed E-state index contributed by atoms with van der Waals surface area (Å²) in [7, 11) is 0. The molecular formula is C17H14O4. The van der Waals surface area contributed by atoms with Crippen molar-refractivity contribution in [3.8, 4) is 11.5 Å². The molecule has 0 aliphatic heterocycles. The third-order valence-electron chi connectivity index (χ3n) is 2.92. The summed E-state index contributed by atoms with van der Waals surface area (Å²) in [6.45, 7) is 8.57. The van der Waals surface area contributed by atoms with Crippen LogP contribution < -0.4 is 9.47 Å². The van der Waals surface area contributed by atoms with Crippen LogP contribution in [-0.4, -0.2) is 11.9 Å². The highest BCUT2D eigenvalue weighted by molar-refractivity contribution is 5.98. The van der Waals surface area contributed by atoms with E-state index < -0.39 is 11.9 Å². The zero-order valence-electron chi connectivity index (χ0n) is 11.6. The third kappa shape index (κ3) is 3.00. The largest absolute Gasteiger partial charge is 0.423 e. The van der Waals surface area contributed by atoms with Gasteiger partial charge < -0.3 is 9.47 Å². The van der Waals surface area contributed by atoms with E-state index in [1.54, 1.807) is 24.3 Å². The smallest absolute Gasteiger partial charge is 0.335 e. The van der Waals surface area contributed by atoms with Crippen molar-refractivity contribution in [1.82, 2.24) is 0 Å². The summed E-state index contributed by atoms with van der Waals surface area (Å²) in [4.78, 5) is 22.8. The summed E-state index contributed by atoms with van der Waals surface area (Å²) in [6, 6.07) is 8.77. The second-order valence-corrected chi connectivity index (χ2v) is 4.31. The maximum absolute atomic E-state index is 11.4. The van der Waals surface area contributed by atoms with Gasteiger partial charge in [0.15, 0.2) is 0 Å². The molecular weight excluding hydrogens is 268 g/mol. The van der Waals surface area contributed by atoms with E-state index in [4.69, 9.17) is 9.47 Å². The molecule has 0 aliphatic rings. The van der Waals surface area contributed by atoms with Crippen molar-refractivity contribution in [3.63, 3.8) is 0 Å². The normalized spacial score (nSPS) is 9.95. The van der Waals surface area contributed by atoms with E-state index in [1.807, 2.05) is 13.0 Å². The number of benzene rings is 2. The summed E-state index contributed by atoms with van der Waals surface area (Å²) >= 11 is 0. The first-order valence-electron chi connectivity index (χ1n) is 6.27. The molecule has 0 fully saturated rings. The van der Waals surface area contributed by atoms with Crippen LogP contribution in [0.2, 0.25) is 0 Å². The Labute approximate surface area is 122 Å². The van der Waals surface area contributed by atoms with Gasteiger partial charge in [-0.3, -0.25) is 0 Å². The Morgan fingerprint density at radius 2 is 1.62 bits per heavy atom. The number of ether oxygens (including phenoxy) is 2. The predicted molar refractivity (Wildman–Crippen MR) is 80.3 cm³/mol. The zero-order chi connectivity index (χ0) is 15.4. The first kappa shape index (κ1) is 14.5. The van der Waals surface area contributed by atoms with Crippen LogP contribution in [0.3, 0.4) is 0 Å². The SMILES string of the molecule is C=CC(=O)Oc1cccc2c(OC(=O)C=C)c(C)ccc12. The van der Waals surface area contributed by atoms with Crippen molar-refractivity contribution in [1.29, 1.82) is 0 Å². The van der Waals surface area contributed by atoms with Gasteiger partial charge in [0.2, 0.25) is 0 Å². The lowest BCUT2D eigenvalue weighted by atomic mass is 10.1. The molecule has 2 aromatic carbocycles. The maximum Gasteiger partial charge on any atom is 0.335 e. The Morgan fingerprint density at radius 1 is 0.952 bits per heavy atom. The molecule has 0 unspecified atom stereocenters. The summed E-state index contributed by atoms with van der Waals surface area (Å²) in [5.41, 5.74) is 0.796. The molecule has 0 saturated heterocycles. The lowest BCUT2D eigenvalue weighted by Crippen LogP contribution is -2.06. The molecule has 0 atom stereocenters. The van der Waals surface area contributed by atoms with E-state index in [0.29, 0.717) is 22.3 Å². The first-order valence-corrected chi connectivity index (χ1v) is 6.27. The van der Waals surface area contributed by atoms with Crippen LogP contribution in [0.5, 0.6) is 11.5 Å². The minimum absolute atomic E-state index is 0.383. The lowest BCUT2D eigenvalue weighted by Gasteiger charge is -2.12. The molecule has 0 heterocycles. The van der Waals surface area contributed by atoms with Gasteiger partial charge in [-0.25, -0.2) is 9.59 Å². The van der Waals surface area contributed by atoms with Crippen LogP contribution in [0.1, 0.15) is 5.56 Å². The number of esters is 2. The number of rotatable bonds is 4. The number of aryl methyl sites for hydroxylation is 1. The molecule has 0 aromatic heterocycles. The Bertz CT molecular complexity index is 744. The Balaban J connectivity index is 2.59. The fraction of sp³-hybridized carbons (Fsp3) is 0.0588. The van der Waals surface area contributed by atoms with Crippen molar-refractivity contribution >= 4 is 22.7 Å². The average molecular weight is 282 g/mol. The zero-order valence-corrected chi connectivity index (χ0v) is 11.6. The van der Waals surface area contributed by atoms with Crippen LogP contribution in [0.25, 0.3) is 10.8 Å². The molecule has 0 bridgehead atoms. The van der Waals surface area contributed by atoms with Crippen LogP contribution >= 0.6 is 0 Å². The minimum Gasteiger partial charge on any atom is -0.423 e. The van der Waals surface area contributed by atoms with Crippen molar-refractivity contribution in [3.05, 3.63) is 61.2 Å². The predicted octanol–water partition coefficient (Wildman–Crippen LogP) is 3.33. The monoisotopic (exact) mass is 282 g/mol. The van der Waals surface area contributed by atoms with E-state index in [9.17, 15) is 9.59 Å². The summed E-state index contributed by atoms with van der Waals surface area (Å²) in [6.07, 6.45) is 2.19. The van der Waals surface area contributed by atoms with Gasteiger partial charge in [-0.1, -0.05) is 37.4 Å². The highest BCUT2D eigenvalue weighted by Gasteiger charge is 2.13. The van der Waals surface area contributed by atoms with E-state index in [2.05, 4.69) is 13.2 Å². The third-order valence-corrected chi connectivity index (χ3v) is 2.92. The van der Waals surface area contributed by atoms with Gasteiger partial charge in [0.25, 0.3) is 0 Å². The first-order chi connectivity index (χ1) is 10.1. The van der Waals surface area contributed by atoms with Crippen molar-refractivity contribution in [2.75, 3.05) is 0 Å². The highest BCUT2D eigenvalue weighted by atomic mass is 16.5. The molecule has 2 aromatic rings. The van der Waals surface area contributed by atoms with Gasteiger partial charge in [-0.15, -0.1) is 0 Å². The van der Waals surface area contributed by atoms with Crippen LogP contribution in [0.4, 0.5) is 0 Å². The molecule has 2 rings (SSSR count).